The van der Waals surface area contributed by atoms with Gasteiger partial charge in [-0.1, -0.05) is 11.8 Å². The third-order valence-electron chi connectivity index (χ3n) is 2.29. The van der Waals surface area contributed by atoms with Gasteiger partial charge in [0.15, 0.2) is 5.16 Å². The molecule has 2 N–H and O–H groups in total. The van der Waals surface area contributed by atoms with Gasteiger partial charge in [0, 0.05) is 13.1 Å². The van der Waals surface area contributed by atoms with E-state index in [1.54, 1.807) is 6.92 Å². The average molecular weight is 285 g/mol. The Labute approximate surface area is 117 Å². The molecule has 0 saturated heterocycles. The minimum Gasteiger partial charge on any atom is -0.465 e. The van der Waals surface area contributed by atoms with E-state index < -0.39 is 0 Å². The van der Waals surface area contributed by atoms with E-state index >= 15 is 0 Å². The number of thioether (sulfide) groups is 1. The summed E-state index contributed by atoms with van der Waals surface area (Å²) in [5, 5.41) is 0.433. The van der Waals surface area contributed by atoms with Gasteiger partial charge >= 0.3 is 5.97 Å². The number of esters is 1. The van der Waals surface area contributed by atoms with Crippen molar-refractivity contribution in [3.05, 3.63) is 0 Å². The number of anilines is 2. The number of aromatic nitrogens is 3. The van der Waals surface area contributed by atoms with Gasteiger partial charge in [-0.15, -0.1) is 0 Å². The second-order valence-electron chi connectivity index (χ2n) is 3.54. The number of nitrogens with two attached hydrogens (primary N) is 1. The molecule has 0 unspecified atom stereocenters. The predicted molar refractivity (Wildman–Crippen MR) is 75.2 cm³/mol. The van der Waals surface area contributed by atoms with Crippen molar-refractivity contribution in [1.29, 1.82) is 0 Å². The molecule has 7 nitrogen and oxygen atoms in total. The van der Waals surface area contributed by atoms with Gasteiger partial charge < -0.3 is 15.4 Å². The summed E-state index contributed by atoms with van der Waals surface area (Å²) in [6.07, 6.45) is 0. The molecule has 0 bridgehead atoms. The molecular weight excluding hydrogens is 266 g/mol. The second kappa shape index (κ2) is 7.78. The van der Waals surface area contributed by atoms with Gasteiger partial charge in [0.1, 0.15) is 0 Å². The second-order valence-corrected chi connectivity index (χ2v) is 4.48. The van der Waals surface area contributed by atoms with Crippen LogP contribution < -0.4 is 10.6 Å². The number of hydrogen-bond donors (Lipinski definition) is 1. The standard InChI is InChI=1S/C11H19N5O2S/c1-4-16(5-2)10-13-9(12)14-11(15-10)19-7-8(17)18-6-3/h4-7H2,1-3H3,(H2,12,13,14,15). The fourth-order valence-corrected chi connectivity index (χ4v) is 2.03. The Hall–Kier alpha value is -1.57. The highest BCUT2D eigenvalue weighted by molar-refractivity contribution is 7.99. The third-order valence-corrected chi connectivity index (χ3v) is 3.11. The Kier molecular flexibility index (Phi) is 6.34. The van der Waals surface area contributed by atoms with E-state index in [9.17, 15) is 4.79 Å². The summed E-state index contributed by atoms with van der Waals surface area (Å²) < 4.78 is 4.84. The van der Waals surface area contributed by atoms with Crippen LogP contribution in [0.25, 0.3) is 0 Å². The number of hydrogen-bond acceptors (Lipinski definition) is 8. The zero-order chi connectivity index (χ0) is 14.3. The van der Waals surface area contributed by atoms with Crippen molar-refractivity contribution in [3.8, 4) is 0 Å². The Morgan fingerprint density at radius 3 is 2.53 bits per heavy atom. The molecule has 0 amide bonds. The highest BCUT2D eigenvalue weighted by Crippen LogP contribution is 2.17. The Morgan fingerprint density at radius 1 is 1.26 bits per heavy atom. The molecule has 8 heteroatoms. The SMILES string of the molecule is CCOC(=O)CSc1nc(N)nc(N(CC)CC)n1. The fraction of sp³-hybridized carbons (Fsp3) is 0.636. The van der Waals surface area contributed by atoms with Crippen molar-refractivity contribution in [2.45, 2.75) is 25.9 Å². The van der Waals surface area contributed by atoms with Crippen LogP contribution >= 0.6 is 11.8 Å². The van der Waals surface area contributed by atoms with Crippen molar-refractivity contribution in [2.24, 2.45) is 0 Å². The largest absolute Gasteiger partial charge is 0.465 e. The zero-order valence-electron chi connectivity index (χ0n) is 11.4. The van der Waals surface area contributed by atoms with Crippen molar-refractivity contribution in [2.75, 3.05) is 36.1 Å². The topological polar surface area (TPSA) is 94.2 Å². The average Bonchev–Trinajstić information content (AvgIpc) is 2.38. The molecule has 0 aromatic carbocycles. The van der Waals surface area contributed by atoms with E-state index in [0.717, 1.165) is 13.1 Å². The maximum absolute atomic E-state index is 11.3. The van der Waals surface area contributed by atoms with Crippen LogP contribution in [-0.4, -0.2) is 46.4 Å². The van der Waals surface area contributed by atoms with Crippen molar-refractivity contribution < 1.29 is 9.53 Å². The lowest BCUT2D eigenvalue weighted by Gasteiger charge is -2.18. The first-order valence-electron chi connectivity index (χ1n) is 6.15. The number of carbonyl (C=O) groups excluding carboxylic acids is 1. The van der Waals surface area contributed by atoms with Crippen molar-refractivity contribution in [1.82, 2.24) is 15.0 Å². The molecule has 0 aliphatic carbocycles. The minimum absolute atomic E-state index is 0.156. The van der Waals surface area contributed by atoms with Crippen LogP contribution in [0, 0.1) is 0 Å². The van der Waals surface area contributed by atoms with E-state index in [-0.39, 0.29) is 17.7 Å². The molecule has 0 radical (unpaired) electrons. The Bertz CT molecular complexity index is 426. The molecule has 1 aromatic heterocycles. The number of rotatable bonds is 7. The number of ether oxygens (including phenoxy) is 1. The maximum Gasteiger partial charge on any atom is 0.316 e. The molecule has 1 rings (SSSR count). The summed E-state index contributed by atoms with van der Waals surface area (Å²) >= 11 is 1.19. The van der Waals surface area contributed by atoms with E-state index in [4.69, 9.17) is 10.5 Å². The van der Waals surface area contributed by atoms with E-state index in [0.29, 0.717) is 17.7 Å². The van der Waals surface area contributed by atoms with E-state index in [1.165, 1.54) is 11.8 Å². The predicted octanol–water partition coefficient (Wildman–Crippen LogP) is 0.955. The lowest BCUT2D eigenvalue weighted by Crippen LogP contribution is -2.25. The summed E-state index contributed by atoms with van der Waals surface area (Å²) in [4.78, 5) is 25.6. The van der Waals surface area contributed by atoms with Crippen LogP contribution in [-0.2, 0) is 9.53 Å². The van der Waals surface area contributed by atoms with Crippen LogP contribution in [0.4, 0.5) is 11.9 Å². The number of carbonyl (C=O) groups is 1. The summed E-state index contributed by atoms with van der Waals surface area (Å²) in [6.45, 7) is 7.71. The van der Waals surface area contributed by atoms with Crippen molar-refractivity contribution >= 4 is 29.6 Å². The first kappa shape index (κ1) is 15.5. The Morgan fingerprint density at radius 2 is 1.95 bits per heavy atom. The fourth-order valence-electron chi connectivity index (χ4n) is 1.40. The summed E-state index contributed by atoms with van der Waals surface area (Å²) in [5.41, 5.74) is 5.65. The third kappa shape index (κ3) is 4.90. The zero-order valence-corrected chi connectivity index (χ0v) is 12.2. The highest BCUT2D eigenvalue weighted by atomic mass is 32.2. The summed E-state index contributed by atoms with van der Waals surface area (Å²) in [7, 11) is 0. The quantitative estimate of drug-likeness (QED) is 0.584. The highest BCUT2D eigenvalue weighted by Gasteiger charge is 2.11. The normalized spacial score (nSPS) is 10.3. The van der Waals surface area contributed by atoms with Gasteiger partial charge in [-0.25, -0.2) is 0 Å². The van der Waals surface area contributed by atoms with Crippen LogP contribution in [0.5, 0.6) is 0 Å². The van der Waals surface area contributed by atoms with Gasteiger partial charge in [-0.2, -0.15) is 15.0 Å². The molecule has 0 fully saturated rings. The van der Waals surface area contributed by atoms with Gasteiger partial charge in [0.2, 0.25) is 11.9 Å². The lowest BCUT2D eigenvalue weighted by atomic mass is 10.5. The van der Waals surface area contributed by atoms with E-state index in [1.807, 2.05) is 18.7 Å². The molecule has 0 aliphatic heterocycles. The van der Waals surface area contributed by atoms with Crippen LogP contribution in [0.15, 0.2) is 5.16 Å². The van der Waals surface area contributed by atoms with Crippen LogP contribution in [0.1, 0.15) is 20.8 Å². The lowest BCUT2D eigenvalue weighted by molar-refractivity contribution is -0.139. The molecule has 1 heterocycles. The summed E-state index contributed by atoms with van der Waals surface area (Å²) in [5.74, 6) is 0.553. The smallest absolute Gasteiger partial charge is 0.316 e. The van der Waals surface area contributed by atoms with Gasteiger partial charge in [-0.3, -0.25) is 4.79 Å². The van der Waals surface area contributed by atoms with Crippen LogP contribution in [0.3, 0.4) is 0 Å². The van der Waals surface area contributed by atoms with Gasteiger partial charge in [0.05, 0.1) is 12.4 Å². The minimum atomic E-state index is -0.295. The molecule has 0 atom stereocenters. The van der Waals surface area contributed by atoms with Crippen LogP contribution in [0.2, 0.25) is 0 Å². The molecule has 106 valence electrons. The van der Waals surface area contributed by atoms with Gasteiger partial charge in [0.25, 0.3) is 0 Å². The molecule has 0 spiro atoms. The molecule has 0 aliphatic rings. The van der Waals surface area contributed by atoms with Crippen molar-refractivity contribution in [3.63, 3.8) is 0 Å². The molecule has 19 heavy (non-hydrogen) atoms. The number of nitrogen functional groups attached to an aromatic ring is 1. The Balaban J connectivity index is 2.76. The maximum atomic E-state index is 11.3. The van der Waals surface area contributed by atoms with E-state index in [2.05, 4.69) is 15.0 Å². The monoisotopic (exact) mass is 285 g/mol. The first-order valence-corrected chi connectivity index (χ1v) is 7.14. The number of nitrogens with zero attached hydrogens (tertiary/aromatic N) is 4. The first-order chi connectivity index (χ1) is 9.10. The molecule has 0 saturated carbocycles. The molecular formula is C11H19N5O2S. The molecule has 1 aromatic rings. The van der Waals surface area contributed by atoms with Gasteiger partial charge in [-0.05, 0) is 20.8 Å². The summed E-state index contributed by atoms with van der Waals surface area (Å²) in [6, 6.07) is 0.